The van der Waals surface area contributed by atoms with E-state index in [1.807, 2.05) is 0 Å². The van der Waals surface area contributed by atoms with Crippen LogP contribution in [-0.2, 0) is 21.1 Å². The zero-order valence-electron chi connectivity index (χ0n) is 16.3. The molecule has 0 fully saturated rings. The van der Waals surface area contributed by atoms with Crippen LogP contribution in [0.4, 0.5) is 4.39 Å². The lowest BCUT2D eigenvalue weighted by Gasteiger charge is -2.24. The first-order valence-corrected chi connectivity index (χ1v) is 12.1. The van der Waals surface area contributed by atoms with Crippen molar-refractivity contribution in [3.63, 3.8) is 0 Å². The number of hydrogen-bond acceptors (Lipinski definition) is 5. The first-order chi connectivity index (χ1) is 14.6. The molecule has 1 aliphatic rings. The molecule has 0 bridgehead atoms. The van der Waals surface area contributed by atoms with Gasteiger partial charge in [0.15, 0.2) is 0 Å². The van der Waals surface area contributed by atoms with E-state index in [0.717, 1.165) is 0 Å². The van der Waals surface area contributed by atoms with Crippen molar-refractivity contribution in [2.24, 2.45) is 4.99 Å². The molecule has 1 unspecified atom stereocenters. The Labute approximate surface area is 187 Å². The van der Waals surface area contributed by atoms with E-state index >= 15 is 0 Å². The molecule has 2 heterocycles. The number of carboxylic acids is 1. The minimum atomic E-state index is -3.81. The number of carbonyl (C=O) groups is 1. The van der Waals surface area contributed by atoms with Gasteiger partial charge in [-0.2, -0.15) is 11.3 Å². The molecule has 9 heteroatoms. The Morgan fingerprint density at radius 3 is 2.58 bits per heavy atom. The van der Waals surface area contributed by atoms with Crippen molar-refractivity contribution in [3.05, 3.63) is 80.2 Å². The lowest BCUT2D eigenvalue weighted by molar-refractivity contribution is -0.137. The minimum Gasteiger partial charge on any atom is -0.481 e. The summed E-state index contributed by atoms with van der Waals surface area (Å²) in [4.78, 5) is 16.3. The van der Waals surface area contributed by atoms with Gasteiger partial charge < -0.3 is 5.11 Å². The van der Waals surface area contributed by atoms with Gasteiger partial charge in [-0.15, -0.1) is 0 Å². The van der Waals surface area contributed by atoms with Gasteiger partial charge in [-0.05, 0) is 72.3 Å². The van der Waals surface area contributed by atoms with E-state index in [-0.39, 0.29) is 22.6 Å². The maximum absolute atomic E-state index is 14.0. The third kappa shape index (κ3) is 4.03. The normalized spacial score (nSPS) is 18.0. The van der Waals surface area contributed by atoms with Crippen LogP contribution in [0.2, 0.25) is 5.02 Å². The highest BCUT2D eigenvalue weighted by Crippen LogP contribution is 2.35. The largest absolute Gasteiger partial charge is 0.481 e. The fourth-order valence-electron chi connectivity index (χ4n) is 3.80. The van der Waals surface area contributed by atoms with Crippen molar-refractivity contribution in [1.82, 2.24) is 0 Å². The third-order valence-corrected chi connectivity index (χ3v) is 8.32. The van der Waals surface area contributed by atoms with Gasteiger partial charge in [0.2, 0.25) is 9.84 Å². The smallest absolute Gasteiger partial charge is 0.306 e. The highest BCUT2D eigenvalue weighted by atomic mass is 35.5. The molecule has 160 valence electrons. The summed E-state index contributed by atoms with van der Waals surface area (Å²) in [6.45, 7) is 1.67. The van der Waals surface area contributed by atoms with Crippen molar-refractivity contribution >= 4 is 44.3 Å². The molecule has 4 rings (SSSR count). The SMILES string of the molecule is CC1(CC(=O)O)N=c2ccc(F)cc2=C1Cc1cscc1S(=O)(=O)c1ccc(Cl)cc1. The van der Waals surface area contributed by atoms with E-state index in [9.17, 15) is 22.7 Å². The van der Waals surface area contributed by atoms with E-state index < -0.39 is 27.2 Å². The summed E-state index contributed by atoms with van der Waals surface area (Å²) in [6.07, 6.45) is -0.155. The number of sulfone groups is 1. The summed E-state index contributed by atoms with van der Waals surface area (Å²) >= 11 is 7.11. The summed E-state index contributed by atoms with van der Waals surface area (Å²) in [5.74, 6) is -1.51. The van der Waals surface area contributed by atoms with Crippen LogP contribution < -0.4 is 10.6 Å². The van der Waals surface area contributed by atoms with Crippen LogP contribution >= 0.6 is 22.9 Å². The van der Waals surface area contributed by atoms with Gasteiger partial charge in [-0.25, -0.2) is 12.8 Å². The van der Waals surface area contributed by atoms with Gasteiger partial charge in [0.1, 0.15) is 5.82 Å². The Kier molecular flexibility index (Phi) is 5.49. The fourth-order valence-corrected chi connectivity index (χ4v) is 6.62. The van der Waals surface area contributed by atoms with E-state index in [0.29, 0.717) is 26.7 Å². The first kappa shape index (κ1) is 21.7. The summed E-state index contributed by atoms with van der Waals surface area (Å²) in [6, 6.07) is 10.0. The Hall–Kier alpha value is -2.55. The monoisotopic (exact) mass is 477 g/mol. The number of fused-ring (bicyclic) bond motifs is 1. The average molecular weight is 478 g/mol. The van der Waals surface area contributed by atoms with E-state index in [1.54, 1.807) is 17.7 Å². The molecular weight excluding hydrogens is 461 g/mol. The maximum atomic E-state index is 14.0. The second-order valence-corrected chi connectivity index (χ2v) is 10.6. The molecule has 0 saturated carbocycles. The Morgan fingerprint density at radius 2 is 1.90 bits per heavy atom. The molecule has 0 saturated heterocycles. The predicted octanol–water partition coefficient (Wildman–Crippen LogP) is 3.63. The number of nitrogens with zero attached hydrogens (tertiary/aromatic N) is 1. The quantitative estimate of drug-likeness (QED) is 0.587. The molecular formula is C22H17ClFNO4S2. The van der Waals surface area contributed by atoms with Crippen LogP contribution in [0.25, 0.3) is 5.57 Å². The minimum absolute atomic E-state index is 0.109. The standard InChI is InChI=1S/C22H17ClFNO4S2/c1-22(10-21(26)27)18(17-9-15(24)4-7-19(17)25-22)8-13-11-30-12-20(13)31(28,29)16-5-2-14(23)3-6-16/h2-7,9,11-12H,8,10H2,1H3,(H,26,27). The number of halogens is 2. The molecule has 2 aromatic carbocycles. The zero-order chi connectivity index (χ0) is 22.4. The Bertz CT molecular complexity index is 1410. The van der Waals surface area contributed by atoms with Crippen molar-refractivity contribution < 1.29 is 22.7 Å². The molecule has 0 aliphatic carbocycles. The van der Waals surface area contributed by atoms with E-state index in [4.69, 9.17) is 11.6 Å². The fraction of sp³-hybridized carbons (Fsp3) is 0.182. The third-order valence-electron chi connectivity index (χ3n) is 5.28. The highest BCUT2D eigenvalue weighted by molar-refractivity contribution is 7.91. The van der Waals surface area contributed by atoms with Gasteiger partial charge in [0, 0.05) is 15.6 Å². The second kappa shape index (κ2) is 7.85. The molecule has 1 aliphatic heterocycles. The number of rotatable bonds is 6. The molecule has 0 spiro atoms. The van der Waals surface area contributed by atoms with Gasteiger partial charge in [-0.1, -0.05) is 11.6 Å². The second-order valence-electron chi connectivity index (χ2n) is 7.49. The average Bonchev–Trinajstić information content (AvgIpc) is 3.26. The van der Waals surface area contributed by atoms with E-state index in [2.05, 4.69) is 4.99 Å². The molecule has 5 nitrogen and oxygen atoms in total. The number of thiophene rings is 1. The summed E-state index contributed by atoms with van der Waals surface area (Å²) in [5.41, 5.74) is -0.0141. The lowest BCUT2D eigenvalue weighted by atomic mass is 9.85. The van der Waals surface area contributed by atoms with Crippen LogP contribution in [0.1, 0.15) is 18.9 Å². The van der Waals surface area contributed by atoms with Gasteiger partial charge in [0.25, 0.3) is 0 Å². The van der Waals surface area contributed by atoms with Gasteiger partial charge in [-0.3, -0.25) is 9.79 Å². The summed E-state index contributed by atoms with van der Waals surface area (Å²) < 4.78 is 40.4. The molecule has 1 atom stereocenters. The zero-order valence-corrected chi connectivity index (χ0v) is 18.7. The van der Waals surface area contributed by atoms with Crippen molar-refractivity contribution in [2.45, 2.75) is 35.1 Å². The number of benzene rings is 2. The van der Waals surface area contributed by atoms with Crippen LogP contribution in [0.15, 0.2) is 68.0 Å². The van der Waals surface area contributed by atoms with Gasteiger partial charge >= 0.3 is 5.97 Å². The Morgan fingerprint density at radius 1 is 1.19 bits per heavy atom. The van der Waals surface area contributed by atoms with E-state index in [1.165, 1.54) is 53.8 Å². The van der Waals surface area contributed by atoms with Crippen LogP contribution in [-0.4, -0.2) is 25.0 Å². The highest BCUT2D eigenvalue weighted by Gasteiger charge is 2.36. The first-order valence-electron chi connectivity index (χ1n) is 9.27. The van der Waals surface area contributed by atoms with Gasteiger partial charge in [0.05, 0.1) is 27.1 Å². The summed E-state index contributed by atoms with van der Waals surface area (Å²) in [7, 11) is -3.81. The number of carboxylic acid groups (broad SMARTS) is 1. The van der Waals surface area contributed by atoms with Crippen molar-refractivity contribution in [1.29, 1.82) is 0 Å². The number of hydrogen-bond donors (Lipinski definition) is 1. The predicted molar refractivity (Wildman–Crippen MR) is 116 cm³/mol. The molecule has 1 aromatic heterocycles. The van der Waals surface area contributed by atoms with Crippen LogP contribution in [0, 0.1) is 5.82 Å². The molecule has 31 heavy (non-hydrogen) atoms. The molecule has 0 radical (unpaired) electrons. The Balaban J connectivity index is 1.84. The van der Waals surface area contributed by atoms with Crippen molar-refractivity contribution in [3.8, 4) is 0 Å². The number of aliphatic carboxylic acids is 1. The topological polar surface area (TPSA) is 83.8 Å². The van der Waals surface area contributed by atoms with Crippen molar-refractivity contribution in [2.75, 3.05) is 0 Å². The maximum Gasteiger partial charge on any atom is 0.306 e. The molecule has 3 aromatic rings. The molecule has 1 N–H and O–H groups in total. The van der Waals surface area contributed by atoms with Crippen LogP contribution in [0.5, 0.6) is 0 Å². The lowest BCUT2D eigenvalue weighted by Crippen LogP contribution is -2.29. The van der Waals surface area contributed by atoms with Crippen LogP contribution in [0.3, 0.4) is 0 Å². The summed E-state index contributed by atoms with van der Waals surface area (Å²) in [5, 5.41) is 14.1. The molecule has 0 amide bonds.